The van der Waals surface area contributed by atoms with Crippen molar-refractivity contribution in [3.63, 3.8) is 0 Å². The maximum Gasteiger partial charge on any atom is 0.226 e. The van der Waals surface area contributed by atoms with Crippen LogP contribution in [-0.2, 0) is 4.79 Å². The molecule has 0 saturated carbocycles. The van der Waals surface area contributed by atoms with Crippen LogP contribution in [0.1, 0.15) is 6.92 Å². The van der Waals surface area contributed by atoms with Gasteiger partial charge in [-0.15, -0.1) is 0 Å². The third kappa shape index (κ3) is 4.26. The quantitative estimate of drug-likeness (QED) is 0.671. The van der Waals surface area contributed by atoms with E-state index in [9.17, 15) is 4.79 Å². The molecule has 0 atom stereocenters. The molecule has 1 aromatic rings. The number of hydrogen-bond donors (Lipinski definition) is 2. The van der Waals surface area contributed by atoms with E-state index < -0.39 is 0 Å². The molecule has 2 N–H and O–H groups in total. The molecule has 0 aromatic carbocycles. The second-order valence-electron chi connectivity index (χ2n) is 2.83. The lowest BCUT2D eigenvalue weighted by Gasteiger charge is -2.05. The van der Waals surface area contributed by atoms with Gasteiger partial charge < -0.3 is 15.4 Å². The summed E-state index contributed by atoms with van der Waals surface area (Å²) in [5.41, 5.74) is 0. The summed E-state index contributed by atoms with van der Waals surface area (Å²) in [6, 6.07) is 1.67. The number of hydrogen-bond acceptors (Lipinski definition) is 5. The van der Waals surface area contributed by atoms with Gasteiger partial charge in [-0.3, -0.25) is 4.79 Å². The van der Waals surface area contributed by atoms with Crippen molar-refractivity contribution in [1.82, 2.24) is 15.3 Å². The number of rotatable bonds is 5. The fourth-order valence-corrected chi connectivity index (χ4v) is 0.954. The molecule has 0 aliphatic rings. The average Bonchev–Trinajstić information content (AvgIpc) is 2.24. The van der Waals surface area contributed by atoms with E-state index in [0.29, 0.717) is 24.9 Å². The summed E-state index contributed by atoms with van der Waals surface area (Å²) in [5.74, 6) is 0.940. The van der Waals surface area contributed by atoms with Gasteiger partial charge in [0.2, 0.25) is 17.7 Å². The number of amides is 1. The van der Waals surface area contributed by atoms with Crippen molar-refractivity contribution < 1.29 is 9.53 Å². The molecule has 0 aliphatic carbocycles. The van der Waals surface area contributed by atoms with Crippen molar-refractivity contribution in [1.29, 1.82) is 0 Å². The molecule has 82 valence electrons. The Kier molecular flexibility index (Phi) is 4.33. The molecule has 0 fully saturated rings. The predicted octanol–water partition coefficient (Wildman–Crippen LogP) is 0.0332. The Bertz CT molecular complexity index is 330. The van der Waals surface area contributed by atoms with E-state index in [0.717, 1.165) is 0 Å². The highest BCUT2D eigenvalue weighted by atomic mass is 16.5. The van der Waals surface area contributed by atoms with Gasteiger partial charge >= 0.3 is 0 Å². The van der Waals surface area contributed by atoms with Crippen molar-refractivity contribution in [3.05, 3.63) is 12.3 Å². The lowest BCUT2D eigenvalue weighted by molar-refractivity contribution is -0.118. The van der Waals surface area contributed by atoms with Gasteiger partial charge in [0.05, 0.1) is 7.11 Å². The minimum absolute atomic E-state index is 0.0524. The van der Waals surface area contributed by atoms with Crippen LogP contribution in [0.5, 0.6) is 5.88 Å². The van der Waals surface area contributed by atoms with Crippen LogP contribution in [-0.4, -0.2) is 36.1 Å². The predicted molar refractivity (Wildman–Crippen MR) is 55.8 cm³/mol. The largest absolute Gasteiger partial charge is 0.481 e. The highest BCUT2D eigenvalue weighted by Gasteiger charge is 1.97. The van der Waals surface area contributed by atoms with Crippen molar-refractivity contribution in [2.45, 2.75) is 6.92 Å². The molecule has 15 heavy (non-hydrogen) atoms. The number of ether oxygens (including phenoxy) is 1. The summed E-state index contributed by atoms with van der Waals surface area (Å²) in [7, 11) is 1.55. The van der Waals surface area contributed by atoms with Gasteiger partial charge in [-0.25, -0.2) is 4.98 Å². The van der Waals surface area contributed by atoms with Gasteiger partial charge in [0.15, 0.2) is 0 Å². The molecular weight excluding hydrogens is 196 g/mol. The third-order valence-corrected chi connectivity index (χ3v) is 1.62. The Morgan fingerprint density at radius 1 is 1.53 bits per heavy atom. The van der Waals surface area contributed by atoms with E-state index >= 15 is 0 Å². The van der Waals surface area contributed by atoms with Crippen molar-refractivity contribution >= 4 is 11.9 Å². The van der Waals surface area contributed by atoms with E-state index in [4.69, 9.17) is 4.74 Å². The Morgan fingerprint density at radius 3 is 3.00 bits per heavy atom. The molecule has 0 aliphatic heterocycles. The zero-order valence-electron chi connectivity index (χ0n) is 8.78. The zero-order chi connectivity index (χ0) is 11.1. The first-order valence-electron chi connectivity index (χ1n) is 4.57. The van der Waals surface area contributed by atoms with E-state index in [-0.39, 0.29) is 5.91 Å². The Balaban J connectivity index is 2.33. The summed E-state index contributed by atoms with van der Waals surface area (Å²) >= 11 is 0. The summed E-state index contributed by atoms with van der Waals surface area (Å²) in [6.07, 6.45) is 1.60. The third-order valence-electron chi connectivity index (χ3n) is 1.62. The number of methoxy groups -OCH3 is 1. The summed E-state index contributed by atoms with van der Waals surface area (Å²) in [5, 5.41) is 5.61. The second-order valence-corrected chi connectivity index (χ2v) is 2.83. The highest BCUT2D eigenvalue weighted by molar-refractivity contribution is 5.72. The molecule has 0 unspecified atom stereocenters. The van der Waals surface area contributed by atoms with Crippen LogP contribution in [0.3, 0.4) is 0 Å². The Morgan fingerprint density at radius 2 is 2.33 bits per heavy atom. The van der Waals surface area contributed by atoms with Crippen molar-refractivity contribution in [2.24, 2.45) is 0 Å². The van der Waals surface area contributed by atoms with Gasteiger partial charge in [0.25, 0.3) is 0 Å². The van der Waals surface area contributed by atoms with E-state index in [1.54, 1.807) is 19.4 Å². The molecule has 0 bridgehead atoms. The fourth-order valence-electron chi connectivity index (χ4n) is 0.954. The van der Waals surface area contributed by atoms with Crippen molar-refractivity contribution in [3.8, 4) is 5.88 Å². The summed E-state index contributed by atoms with van der Waals surface area (Å²) in [4.78, 5) is 18.6. The van der Waals surface area contributed by atoms with Crippen LogP contribution in [0.25, 0.3) is 0 Å². The van der Waals surface area contributed by atoms with Crippen LogP contribution < -0.4 is 15.4 Å². The van der Waals surface area contributed by atoms with Gasteiger partial charge in [0, 0.05) is 32.3 Å². The average molecular weight is 210 g/mol. The van der Waals surface area contributed by atoms with Gasteiger partial charge in [-0.05, 0) is 0 Å². The monoisotopic (exact) mass is 210 g/mol. The molecule has 6 heteroatoms. The lowest BCUT2D eigenvalue weighted by Crippen LogP contribution is -2.26. The highest BCUT2D eigenvalue weighted by Crippen LogP contribution is 2.06. The van der Waals surface area contributed by atoms with E-state index in [2.05, 4.69) is 20.6 Å². The fraction of sp³-hybridized carbons (Fsp3) is 0.444. The topological polar surface area (TPSA) is 76.1 Å². The Labute approximate surface area is 88.1 Å². The smallest absolute Gasteiger partial charge is 0.226 e. The van der Waals surface area contributed by atoms with Crippen LogP contribution in [0.15, 0.2) is 12.3 Å². The van der Waals surface area contributed by atoms with Gasteiger partial charge in [-0.1, -0.05) is 0 Å². The van der Waals surface area contributed by atoms with Crippen LogP contribution in [0, 0.1) is 0 Å². The molecule has 1 heterocycles. The standard InChI is InChI=1S/C9H14N4O2/c1-7(14)10-5-6-12-9-11-4-3-8(13-9)15-2/h3-4H,5-6H2,1-2H3,(H,10,14)(H,11,12,13). The molecule has 0 saturated heterocycles. The minimum Gasteiger partial charge on any atom is -0.481 e. The van der Waals surface area contributed by atoms with E-state index in [1.807, 2.05) is 0 Å². The molecular formula is C9H14N4O2. The summed E-state index contributed by atoms with van der Waals surface area (Å²) < 4.78 is 4.94. The molecule has 6 nitrogen and oxygen atoms in total. The molecule has 1 rings (SSSR count). The molecule has 1 amide bonds. The van der Waals surface area contributed by atoms with Crippen LogP contribution in [0.4, 0.5) is 5.95 Å². The second kappa shape index (κ2) is 5.79. The first kappa shape index (κ1) is 11.2. The number of carbonyl (C=O) groups excluding carboxylic acids is 1. The molecule has 0 radical (unpaired) electrons. The van der Waals surface area contributed by atoms with Gasteiger partial charge in [0.1, 0.15) is 0 Å². The zero-order valence-corrected chi connectivity index (χ0v) is 8.78. The Hall–Kier alpha value is -1.85. The first-order chi connectivity index (χ1) is 7.22. The summed E-state index contributed by atoms with van der Waals surface area (Å²) in [6.45, 7) is 2.59. The number of anilines is 1. The lowest BCUT2D eigenvalue weighted by atomic mass is 10.5. The number of nitrogens with one attached hydrogen (secondary N) is 2. The number of carbonyl (C=O) groups is 1. The first-order valence-corrected chi connectivity index (χ1v) is 4.57. The SMILES string of the molecule is COc1ccnc(NCCNC(C)=O)n1. The number of nitrogens with zero attached hydrogens (tertiary/aromatic N) is 2. The maximum atomic E-state index is 10.6. The van der Waals surface area contributed by atoms with Gasteiger partial charge in [-0.2, -0.15) is 4.98 Å². The molecule has 1 aromatic heterocycles. The van der Waals surface area contributed by atoms with Crippen LogP contribution in [0.2, 0.25) is 0 Å². The maximum absolute atomic E-state index is 10.6. The normalized spacial score (nSPS) is 9.47. The van der Waals surface area contributed by atoms with E-state index in [1.165, 1.54) is 6.92 Å². The van der Waals surface area contributed by atoms with Crippen LogP contribution >= 0.6 is 0 Å². The molecule has 0 spiro atoms. The number of aromatic nitrogens is 2. The minimum atomic E-state index is -0.0524. The van der Waals surface area contributed by atoms with Crippen molar-refractivity contribution in [2.75, 3.05) is 25.5 Å².